The van der Waals surface area contributed by atoms with E-state index in [4.69, 9.17) is 0 Å². The van der Waals surface area contributed by atoms with E-state index in [1.165, 1.54) is 0 Å². The summed E-state index contributed by atoms with van der Waals surface area (Å²) in [5, 5.41) is 6.30. The molecular weight excluding hydrogens is 340 g/mol. The van der Waals surface area contributed by atoms with E-state index >= 15 is 0 Å². The standard InChI is InChI=1S/C18H13BrN2O/c19-16-9-4-7-14(11-16)18(22)21-20-12-15-8-3-6-13-5-1-2-10-17(13)15/h1-12H,(H,21,22)/b20-12-. The lowest BCUT2D eigenvalue weighted by atomic mass is 10.1. The highest BCUT2D eigenvalue weighted by molar-refractivity contribution is 9.10. The van der Waals surface area contributed by atoms with Crippen LogP contribution in [0.15, 0.2) is 76.3 Å². The number of hydrazone groups is 1. The number of hydrogen-bond donors (Lipinski definition) is 1. The lowest BCUT2D eigenvalue weighted by molar-refractivity contribution is 0.0955. The minimum absolute atomic E-state index is 0.238. The molecule has 0 radical (unpaired) electrons. The second-order valence-electron chi connectivity index (χ2n) is 4.78. The zero-order valence-corrected chi connectivity index (χ0v) is 13.2. The van der Waals surface area contributed by atoms with Crippen molar-refractivity contribution in [2.75, 3.05) is 0 Å². The number of nitrogens with one attached hydrogen (secondary N) is 1. The van der Waals surface area contributed by atoms with Crippen LogP contribution in [-0.4, -0.2) is 12.1 Å². The molecule has 3 nitrogen and oxygen atoms in total. The lowest BCUT2D eigenvalue weighted by Gasteiger charge is -2.02. The minimum Gasteiger partial charge on any atom is -0.267 e. The molecule has 0 aliphatic rings. The molecule has 0 aromatic heterocycles. The summed E-state index contributed by atoms with van der Waals surface area (Å²) in [5.41, 5.74) is 4.07. The molecule has 0 bridgehead atoms. The number of amides is 1. The number of carbonyl (C=O) groups excluding carboxylic acids is 1. The molecule has 22 heavy (non-hydrogen) atoms. The Bertz CT molecular complexity index is 853. The van der Waals surface area contributed by atoms with Crippen LogP contribution in [0.25, 0.3) is 10.8 Å². The van der Waals surface area contributed by atoms with Crippen LogP contribution < -0.4 is 5.43 Å². The third kappa shape index (κ3) is 3.23. The van der Waals surface area contributed by atoms with Gasteiger partial charge in [0.2, 0.25) is 0 Å². The maximum Gasteiger partial charge on any atom is 0.271 e. The molecular formula is C18H13BrN2O. The Kier molecular flexibility index (Phi) is 4.30. The van der Waals surface area contributed by atoms with E-state index in [9.17, 15) is 4.79 Å². The molecule has 0 heterocycles. The summed E-state index contributed by atoms with van der Waals surface area (Å²) in [5.74, 6) is -0.238. The van der Waals surface area contributed by atoms with Crippen molar-refractivity contribution in [2.24, 2.45) is 5.10 Å². The van der Waals surface area contributed by atoms with Crippen molar-refractivity contribution in [3.63, 3.8) is 0 Å². The molecule has 3 aromatic carbocycles. The molecule has 0 aliphatic carbocycles. The summed E-state index contributed by atoms with van der Waals surface area (Å²) in [6, 6.07) is 21.2. The van der Waals surface area contributed by atoms with Gasteiger partial charge < -0.3 is 0 Å². The first-order valence-corrected chi connectivity index (χ1v) is 7.60. The van der Waals surface area contributed by atoms with Gasteiger partial charge in [-0.3, -0.25) is 4.79 Å². The normalized spacial score (nSPS) is 11.0. The molecule has 3 rings (SSSR count). The van der Waals surface area contributed by atoms with Gasteiger partial charge in [-0.05, 0) is 29.0 Å². The van der Waals surface area contributed by atoms with Crippen molar-refractivity contribution in [1.82, 2.24) is 5.43 Å². The van der Waals surface area contributed by atoms with Gasteiger partial charge in [-0.15, -0.1) is 0 Å². The largest absolute Gasteiger partial charge is 0.271 e. The molecule has 0 saturated carbocycles. The Morgan fingerprint density at radius 1 is 1.00 bits per heavy atom. The number of nitrogens with zero attached hydrogens (tertiary/aromatic N) is 1. The van der Waals surface area contributed by atoms with E-state index in [-0.39, 0.29) is 5.91 Å². The minimum atomic E-state index is -0.238. The van der Waals surface area contributed by atoms with E-state index in [1.807, 2.05) is 54.6 Å². The average molecular weight is 353 g/mol. The number of halogens is 1. The Labute approximate surface area is 136 Å². The highest BCUT2D eigenvalue weighted by Gasteiger charge is 2.04. The van der Waals surface area contributed by atoms with E-state index in [2.05, 4.69) is 26.5 Å². The van der Waals surface area contributed by atoms with Gasteiger partial charge in [-0.25, -0.2) is 5.43 Å². The van der Waals surface area contributed by atoms with Crippen LogP contribution in [0.3, 0.4) is 0 Å². The smallest absolute Gasteiger partial charge is 0.267 e. The molecule has 108 valence electrons. The van der Waals surface area contributed by atoms with Gasteiger partial charge in [0.05, 0.1) is 6.21 Å². The van der Waals surface area contributed by atoms with E-state index in [0.29, 0.717) is 5.56 Å². The molecule has 0 saturated heterocycles. The predicted molar refractivity (Wildman–Crippen MR) is 93.2 cm³/mol. The van der Waals surface area contributed by atoms with Crippen molar-refractivity contribution in [3.05, 3.63) is 82.3 Å². The zero-order valence-electron chi connectivity index (χ0n) is 11.7. The highest BCUT2D eigenvalue weighted by atomic mass is 79.9. The van der Waals surface area contributed by atoms with Crippen molar-refractivity contribution < 1.29 is 4.79 Å². The average Bonchev–Trinajstić information content (AvgIpc) is 2.55. The summed E-state index contributed by atoms with van der Waals surface area (Å²) in [6.07, 6.45) is 1.66. The second kappa shape index (κ2) is 6.54. The SMILES string of the molecule is O=C(N/N=C\c1cccc2ccccc12)c1cccc(Br)c1. The summed E-state index contributed by atoms with van der Waals surface area (Å²) in [4.78, 5) is 12.0. The number of rotatable bonds is 3. The molecule has 0 aliphatic heterocycles. The topological polar surface area (TPSA) is 41.5 Å². The van der Waals surface area contributed by atoms with Crippen LogP contribution in [0.5, 0.6) is 0 Å². The first-order chi connectivity index (χ1) is 10.7. The lowest BCUT2D eigenvalue weighted by Crippen LogP contribution is -2.17. The Balaban J connectivity index is 1.78. The van der Waals surface area contributed by atoms with E-state index in [1.54, 1.807) is 18.3 Å². The first-order valence-electron chi connectivity index (χ1n) is 6.81. The summed E-state index contributed by atoms with van der Waals surface area (Å²) >= 11 is 3.34. The van der Waals surface area contributed by atoms with Crippen LogP contribution in [0.1, 0.15) is 15.9 Å². The number of benzene rings is 3. The fourth-order valence-electron chi connectivity index (χ4n) is 2.22. The first kappa shape index (κ1) is 14.5. The summed E-state index contributed by atoms with van der Waals surface area (Å²) in [7, 11) is 0. The van der Waals surface area contributed by atoms with Crippen LogP contribution in [0, 0.1) is 0 Å². The molecule has 0 atom stereocenters. The number of carbonyl (C=O) groups is 1. The summed E-state index contributed by atoms with van der Waals surface area (Å²) < 4.78 is 0.859. The maximum atomic E-state index is 12.0. The zero-order chi connectivity index (χ0) is 15.4. The molecule has 0 spiro atoms. The molecule has 1 N–H and O–H groups in total. The van der Waals surface area contributed by atoms with Gasteiger partial charge >= 0.3 is 0 Å². The van der Waals surface area contributed by atoms with Crippen LogP contribution in [0.2, 0.25) is 0 Å². The molecule has 1 amide bonds. The van der Waals surface area contributed by atoms with Crippen LogP contribution >= 0.6 is 15.9 Å². The van der Waals surface area contributed by atoms with E-state index < -0.39 is 0 Å². The van der Waals surface area contributed by atoms with Crippen molar-refractivity contribution in [2.45, 2.75) is 0 Å². The Morgan fingerprint density at radius 2 is 1.77 bits per heavy atom. The highest BCUT2D eigenvalue weighted by Crippen LogP contribution is 2.16. The maximum absolute atomic E-state index is 12.0. The summed E-state index contributed by atoms with van der Waals surface area (Å²) in [6.45, 7) is 0. The van der Waals surface area contributed by atoms with Crippen LogP contribution in [-0.2, 0) is 0 Å². The van der Waals surface area contributed by atoms with Crippen LogP contribution in [0.4, 0.5) is 0 Å². The number of fused-ring (bicyclic) bond motifs is 1. The third-order valence-corrected chi connectivity index (χ3v) is 3.77. The predicted octanol–water partition coefficient (Wildman–Crippen LogP) is 4.37. The van der Waals surface area contributed by atoms with Crippen molar-refractivity contribution in [1.29, 1.82) is 0 Å². The molecule has 3 aromatic rings. The Hall–Kier alpha value is -2.46. The molecule has 0 unspecified atom stereocenters. The van der Waals surface area contributed by atoms with Gasteiger partial charge in [-0.2, -0.15) is 5.10 Å². The fourth-order valence-corrected chi connectivity index (χ4v) is 2.62. The fraction of sp³-hybridized carbons (Fsp3) is 0. The van der Waals surface area contributed by atoms with Gasteiger partial charge in [0.1, 0.15) is 0 Å². The van der Waals surface area contributed by atoms with E-state index in [0.717, 1.165) is 20.8 Å². The quantitative estimate of drug-likeness (QED) is 0.552. The second-order valence-corrected chi connectivity index (χ2v) is 5.69. The van der Waals surface area contributed by atoms with Gasteiger partial charge in [0, 0.05) is 15.6 Å². The monoisotopic (exact) mass is 352 g/mol. The van der Waals surface area contributed by atoms with Gasteiger partial charge in [-0.1, -0.05) is 64.5 Å². The molecule has 4 heteroatoms. The van der Waals surface area contributed by atoms with Crippen molar-refractivity contribution >= 4 is 38.8 Å². The third-order valence-electron chi connectivity index (χ3n) is 3.28. The van der Waals surface area contributed by atoms with Gasteiger partial charge in [0.25, 0.3) is 5.91 Å². The molecule has 0 fully saturated rings. The van der Waals surface area contributed by atoms with Gasteiger partial charge in [0.15, 0.2) is 0 Å². The Morgan fingerprint density at radius 3 is 2.64 bits per heavy atom. The number of hydrogen-bond acceptors (Lipinski definition) is 2. The van der Waals surface area contributed by atoms with Crippen molar-refractivity contribution in [3.8, 4) is 0 Å².